The number of fused-ring (bicyclic) bond motifs is 1. The molecule has 3 rings (SSSR count). The second-order valence-electron chi connectivity index (χ2n) is 5.58. The molecule has 1 fully saturated rings. The number of nitrogens with two attached hydrogens (primary N) is 1. The van der Waals surface area contributed by atoms with Crippen molar-refractivity contribution < 1.29 is 9.21 Å². The van der Waals surface area contributed by atoms with Crippen LogP contribution in [0.1, 0.15) is 32.1 Å². The van der Waals surface area contributed by atoms with E-state index in [1.807, 2.05) is 11.0 Å². The van der Waals surface area contributed by atoms with Crippen molar-refractivity contribution in [1.29, 1.82) is 0 Å². The molecule has 1 unspecified atom stereocenters. The first-order valence-corrected chi connectivity index (χ1v) is 7.04. The molecule has 0 aliphatic carbocycles. The molecule has 0 radical (unpaired) electrons. The Kier molecular flexibility index (Phi) is 3.34. The minimum atomic E-state index is 0.191. The van der Waals surface area contributed by atoms with Gasteiger partial charge in [0.1, 0.15) is 5.52 Å². The quantitative estimate of drug-likeness (QED) is 0.853. The van der Waals surface area contributed by atoms with Crippen molar-refractivity contribution in [1.82, 2.24) is 9.88 Å². The van der Waals surface area contributed by atoms with Crippen molar-refractivity contribution in [2.24, 2.45) is 5.92 Å². The van der Waals surface area contributed by atoms with Crippen LogP contribution in [0.4, 0.5) is 5.69 Å². The molecule has 0 spiro atoms. The molecule has 5 nitrogen and oxygen atoms in total. The third-order valence-electron chi connectivity index (χ3n) is 3.88. The number of benzene rings is 1. The van der Waals surface area contributed by atoms with Crippen LogP contribution in [-0.4, -0.2) is 22.3 Å². The van der Waals surface area contributed by atoms with E-state index in [9.17, 15) is 4.79 Å². The van der Waals surface area contributed by atoms with Gasteiger partial charge >= 0.3 is 0 Å². The summed E-state index contributed by atoms with van der Waals surface area (Å²) in [5, 5.41) is 0. The number of oxazole rings is 1. The molecule has 0 bridgehead atoms. The molecule has 106 valence electrons. The number of nitrogens with zero attached hydrogens (tertiary/aromatic N) is 2. The Labute approximate surface area is 117 Å². The van der Waals surface area contributed by atoms with Gasteiger partial charge in [-0.3, -0.25) is 4.79 Å². The Balaban J connectivity index is 1.79. The monoisotopic (exact) mass is 273 g/mol. The molecule has 5 heteroatoms. The number of aromatic nitrogens is 1. The molecule has 20 heavy (non-hydrogen) atoms. The zero-order valence-electron chi connectivity index (χ0n) is 11.6. The number of nitrogen functional groups attached to an aromatic ring is 1. The maximum absolute atomic E-state index is 12.1. The van der Waals surface area contributed by atoms with Crippen LogP contribution >= 0.6 is 0 Å². The third kappa shape index (κ3) is 2.61. The first kappa shape index (κ1) is 13.0. The van der Waals surface area contributed by atoms with Gasteiger partial charge in [-0.05, 0) is 37.0 Å². The molecule has 1 aromatic carbocycles. The van der Waals surface area contributed by atoms with Crippen molar-refractivity contribution in [3.8, 4) is 0 Å². The second kappa shape index (κ2) is 5.15. The predicted molar refractivity (Wildman–Crippen MR) is 76.9 cm³/mol. The molecule has 2 N–H and O–H groups in total. The smallest absolute Gasteiger partial charge is 0.223 e. The Morgan fingerprint density at radius 2 is 2.30 bits per heavy atom. The maximum atomic E-state index is 12.1. The molecule has 2 heterocycles. The minimum Gasteiger partial charge on any atom is -0.439 e. The summed E-state index contributed by atoms with van der Waals surface area (Å²) in [6, 6.07) is 5.39. The third-order valence-corrected chi connectivity index (χ3v) is 3.88. The topological polar surface area (TPSA) is 72.4 Å². The summed E-state index contributed by atoms with van der Waals surface area (Å²) in [6.45, 7) is 3.42. The van der Waals surface area contributed by atoms with E-state index in [4.69, 9.17) is 10.2 Å². The summed E-state index contributed by atoms with van der Waals surface area (Å²) in [7, 11) is 0. The standard InChI is InChI=1S/C15H19N3O2/c1-10-2-5-15(19)18(7-6-10)9-14-17-12-8-11(16)3-4-13(12)20-14/h3-4,8,10H,2,5-7,9,16H2,1H3. The van der Waals surface area contributed by atoms with Crippen LogP contribution in [0.25, 0.3) is 11.1 Å². The molecule has 1 aromatic heterocycles. The van der Waals surface area contributed by atoms with Crippen LogP contribution in [0.5, 0.6) is 0 Å². The Morgan fingerprint density at radius 1 is 1.45 bits per heavy atom. The average Bonchev–Trinajstić information content (AvgIpc) is 2.74. The minimum absolute atomic E-state index is 0.191. The average molecular weight is 273 g/mol. The van der Waals surface area contributed by atoms with Gasteiger partial charge in [0.05, 0.1) is 6.54 Å². The normalized spacial score (nSPS) is 20.4. The first-order valence-electron chi connectivity index (χ1n) is 7.04. The van der Waals surface area contributed by atoms with Crippen LogP contribution in [-0.2, 0) is 11.3 Å². The summed E-state index contributed by atoms with van der Waals surface area (Å²) in [4.78, 5) is 18.3. The Bertz CT molecular complexity index is 635. The van der Waals surface area contributed by atoms with Crippen molar-refractivity contribution in [3.05, 3.63) is 24.1 Å². The molecule has 1 aliphatic rings. The number of amides is 1. The van der Waals surface area contributed by atoms with Crippen LogP contribution in [0, 0.1) is 5.92 Å². The lowest BCUT2D eigenvalue weighted by molar-refractivity contribution is -0.131. The number of hydrogen-bond acceptors (Lipinski definition) is 4. The van der Waals surface area contributed by atoms with Gasteiger partial charge in [-0.1, -0.05) is 6.92 Å². The van der Waals surface area contributed by atoms with E-state index in [0.717, 1.165) is 24.9 Å². The van der Waals surface area contributed by atoms with Gasteiger partial charge in [0.15, 0.2) is 5.58 Å². The van der Waals surface area contributed by atoms with E-state index in [1.165, 1.54) is 0 Å². The molecule has 2 aromatic rings. The molecule has 0 saturated carbocycles. The lowest BCUT2D eigenvalue weighted by Crippen LogP contribution is -2.29. The SMILES string of the molecule is CC1CCC(=O)N(Cc2nc3cc(N)ccc3o2)CC1. The molecule has 1 aliphatic heterocycles. The van der Waals surface area contributed by atoms with E-state index in [1.54, 1.807) is 12.1 Å². The lowest BCUT2D eigenvalue weighted by Gasteiger charge is -2.18. The number of rotatable bonds is 2. The largest absolute Gasteiger partial charge is 0.439 e. The molecule has 1 saturated heterocycles. The fraction of sp³-hybridized carbons (Fsp3) is 0.467. The number of anilines is 1. The van der Waals surface area contributed by atoms with Gasteiger partial charge < -0.3 is 15.1 Å². The molecule has 1 atom stereocenters. The van der Waals surface area contributed by atoms with Crippen LogP contribution in [0.3, 0.4) is 0 Å². The zero-order valence-corrected chi connectivity index (χ0v) is 11.6. The van der Waals surface area contributed by atoms with Gasteiger partial charge in [-0.15, -0.1) is 0 Å². The Morgan fingerprint density at radius 3 is 3.15 bits per heavy atom. The zero-order chi connectivity index (χ0) is 14.1. The highest BCUT2D eigenvalue weighted by Crippen LogP contribution is 2.22. The number of hydrogen-bond donors (Lipinski definition) is 1. The summed E-state index contributed by atoms with van der Waals surface area (Å²) in [5.41, 5.74) is 7.85. The van der Waals surface area contributed by atoms with E-state index >= 15 is 0 Å². The van der Waals surface area contributed by atoms with Crippen molar-refractivity contribution in [2.75, 3.05) is 12.3 Å². The summed E-state index contributed by atoms with van der Waals surface area (Å²) < 4.78 is 5.68. The van der Waals surface area contributed by atoms with Crippen molar-refractivity contribution in [2.45, 2.75) is 32.7 Å². The first-order chi connectivity index (χ1) is 9.61. The lowest BCUT2D eigenvalue weighted by atomic mass is 10.0. The fourth-order valence-electron chi connectivity index (χ4n) is 2.56. The number of carbonyl (C=O) groups excluding carboxylic acids is 1. The Hall–Kier alpha value is -2.04. The molecule has 1 amide bonds. The van der Waals surface area contributed by atoms with Gasteiger partial charge in [0, 0.05) is 18.7 Å². The van der Waals surface area contributed by atoms with Crippen molar-refractivity contribution in [3.63, 3.8) is 0 Å². The molecular formula is C15H19N3O2. The second-order valence-corrected chi connectivity index (χ2v) is 5.58. The maximum Gasteiger partial charge on any atom is 0.223 e. The van der Waals surface area contributed by atoms with E-state index in [2.05, 4.69) is 11.9 Å². The highest BCUT2D eigenvalue weighted by atomic mass is 16.3. The predicted octanol–water partition coefficient (Wildman–Crippen LogP) is 2.56. The number of carbonyl (C=O) groups is 1. The van der Waals surface area contributed by atoms with Crippen LogP contribution in [0.2, 0.25) is 0 Å². The van der Waals surface area contributed by atoms with Crippen molar-refractivity contribution >= 4 is 22.7 Å². The summed E-state index contributed by atoms with van der Waals surface area (Å²) in [6.07, 6.45) is 2.63. The summed E-state index contributed by atoms with van der Waals surface area (Å²) >= 11 is 0. The number of likely N-dealkylation sites (tertiary alicyclic amines) is 1. The highest BCUT2D eigenvalue weighted by Gasteiger charge is 2.21. The highest BCUT2D eigenvalue weighted by molar-refractivity contribution is 5.77. The van der Waals surface area contributed by atoms with E-state index in [0.29, 0.717) is 36.0 Å². The fourth-order valence-corrected chi connectivity index (χ4v) is 2.56. The van der Waals surface area contributed by atoms with Gasteiger partial charge in [-0.2, -0.15) is 0 Å². The van der Waals surface area contributed by atoms with Gasteiger partial charge in [0.2, 0.25) is 11.8 Å². The van der Waals surface area contributed by atoms with Crippen LogP contribution < -0.4 is 5.73 Å². The van der Waals surface area contributed by atoms with E-state index in [-0.39, 0.29) is 5.91 Å². The molecular weight excluding hydrogens is 254 g/mol. The summed E-state index contributed by atoms with van der Waals surface area (Å²) in [5.74, 6) is 1.37. The van der Waals surface area contributed by atoms with E-state index < -0.39 is 0 Å². The van der Waals surface area contributed by atoms with Gasteiger partial charge in [-0.25, -0.2) is 4.98 Å². The van der Waals surface area contributed by atoms with Crippen LogP contribution in [0.15, 0.2) is 22.6 Å². The van der Waals surface area contributed by atoms with Gasteiger partial charge in [0.25, 0.3) is 0 Å².